The molecule has 1 heterocycles. The van der Waals surface area contributed by atoms with Crippen molar-refractivity contribution in [2.24, 2.45) is 0 Å². The van der Waals surface area contributed by atoms with Crippen LogP contribution in [0.15, 0.2) is 54.6 Å². The number of aromatic nitrogens is 4. The molecule has 0 fully saturated rings. The predicted octanol–water partition coefficient (Wildman–Crippen LogP) is 2.62. The SMILES string of the molecule is CCOc1ccc(C(C)NC(=O)Cn2nnc(-c3ccccc3)n2)cc1. The minimum atomic E-state index is -0.177. The molecule has 3 aromatic rings. The molecule has 0 saturated heterocycles. The lowest BCUT2D eigenvalue weighted by molar-refractivity contribution is -0.122. The lowest BCUT2D eigenvalue weighted by Gasteiger charge is -2.14. The maximum absolute atomic E-state index is 12.2. The molecule has 3 rings (SSSR count). The average molecular weight is 351 g/mol. The number of nitrogens with one attached hydrogen (secondary N) is 1. The first kappa shape index (κ1) is 17.6. The molecule has 0 aliphatic carbocycles. The van der Waals surface area contributed by atoms with Gasteiger partial charge >= 0.3 is 0 Å². The largest absolute Gasteiger partial charge is 0.494 e. The quantitative estimate of drug-likeness (QED) is 0.707. The first-order chi connectivity index (χ1) is 12.7. The van der Waals surface area contributed by atoms with E-state index in [4.69, 9.17) is 4.74 Å². The molecule has 134 valence electrons. The van der Waals surface area contributed by atoms with Gasteiger partial charge in [-0.25, -0.2) is 0 Å². The van der Waals surface area contributed by atoms with Crippen molar-refractivity contribution in [3.63, 3.8) is 0 Å². The molecule has 0 aliphatic rings. The van der Waals surface area contributed by atoms with Gasteiger partial charge in [-0.15, -0.1) is 10.2 Å². The second-order valence-electron chi connectivity index (χ2n) is 5.80. The summed E-state index contributed by atoms with van der Waals surface area (Å²) in [6.07, 6.45) is 0. The van der Waals surface area contributed by atoms with Crippen molar-refractivity contribution in [3.8, 4) is 17.1 Å². The number of benzene rings is 2. The van der Waals surface area contributed by atoms with Crippen molar-refractivity contribution in [2.45, 2.75) is 26.4 Å². The van der Waals surface area contributed by atoms with Crippen molar-refractivity contribution < 1.29 is 9.53 Å². The van der Waals surface area contributed by atoms with Gasteiger partial charge in [-0.3, -0.25) is 4.79 Å². The van der Waals surface area contributed by atoms with E-state index in [-0.39, 0.29) is 18.5 Å². The molecule has 1 unspecified atom stereocenters. The van der Waals surface area contributed by atoms with Crippen LogP contribution in [-0.4, -0.2) is 32.7 Å². The Kier molecular flexibility index (Phi) is 5.58. The molecule has 0 aliphatic heterocycles. The maximum atomic E-state index is 12.2. The minimum absolute atomic E-state index is 0.0151. The molecule has 7 heteroatoms. The van der Waals surface area contributed by atoms with Crippen molar-refractivity contribution in [1.29, 1.82) is 0 Å². The fourth-order valence-electron chi connectivity index (χ4n) is 2.53. The van der Waals surface area contributed by atoms with Crippen LogP contribution in [0.4, 0.5) is 0 Å². The smallest absolute Gasteiger partial charge is 0.244 e. The number of rotatable bonds is 7. The molecule has 0 bridgehead atoms. The van der Waals surface area contributed by atoms with E-state index < -0.39 is 0 Å². The maximum Gasteiger partial charge on any atom is 0.244 e. The summed E-state index contributed by atoms with van der Waals surface area (Å²) in [5.41, 5.74) is 1.86. The van der Waals surface area contributed by atoms with Gasteiger partial charge in [-0.2, -0.15) is 4.80 Å². The summed E-state index contributed by atoms with van der Waals surface area (Å²) in [6, 6.07) is 17.1. The standard InChI is InChI=1S/C19H21N5O2/c1-3-26-17-11-9-15(10-12-17)14(2)20-18(25)13-24-22-19(21-23-24)16-7-5-4-6-8-16/h4-12,14H,3,13H2,1-2H3,(H,20,25). The lowest BCUT2D eigenvalue weighted by atomic mass is 10.1. The van der Waals surface area contributed by atoms with Crippen LogP contribution in [0.25, 0.3) is 11.4 Å². The molecular weight excluding hydrogens is 330 g/mol. The molecule has 1 aromatic heterocycles. The van der Waals surface area contributed by atoms with Gasteiger partial charge in [0.25, 0.3) is 0 Å². The second-order valence-corrected chi connectivity index (χ2v) is 5.80. The fourth-order valence-corrected chi connectivity index (χ4v) is 2.53. The van der Waals surface area contributed by atoms with Crippen LogP contribution in [0.1, 0.15) is 25.5 Å². The monoisotopic (exact) mass is 351 g/mol. The number of ether oxygens (including phenoxy) is 1. The van der Waals surface area contributed by atoms with Crippen LogP contribution >= 0.6 is 0 Å². The van der Waals surface area contributed by atoms with Crippen LogP contribution < -0.4 is 10.1 Å². The molecule has 7 nitrogen and oxygen atoms in total. The van der Waals surface area contributed by atoms with E-state index in [2.05, 4.69) is 20.7 Å². The first-order valence-electron chi connectivity index (χ1n) is 8.51. The van der Waals surface area contributed by atoms with E-state index in [1.54, 1.807) is 0 Å². The van der Waals surface area contributed by atoms with E-state index in [1.165, 1.54) is 4.80 Å². The van der Waals surface area contributed by atoms with Gasteiger partial charge in [0.05, 0.1) is 12.6 Å². The summed E-state index contributed by atoms with van der Waals surface area (Å²) in [7, 11) is 0. The molecular formula is C19H21N5O2. The third-order valence-electron chi connectivity index (χ3n) is 3.84. The van der Waals surface area contributed by atoms with Crippen LogP contribution in [-0.2, 0) is 11.3 Å². The van der Waals surface area contributed by atoms with Gasteiger partial charge < -0.3 is 10.1 Å². The Hall–Kier alpha value is -3.22. The highest BCUT2D eigenvalue weighted by Gasteiger charge is 2.12. The van der Waals surface area contributed by atoms with Crippen molar-refractivity contribution >= 4 is 5.91 Å². The van der Waals surface area contributed by atoms with E-state index in [9.17, 15) is 4.79 Å². The predicted molar refractivity (Wildman–Crippen MR) is 97.4 cm³/mol. The van der Waals surface area contributed by atoms with Gasteiger partial charge in [0.2, 0.25) is 11.7 Å². The molecule has 0 radical (unpaired) electrons. The van der Waals surface area contributed by atoms with Crippen molar-refractivity contribution in [3.05, 3.63) is 60.2 Å². The molecule has 0 saturated carbocycles. The highest BCUT2D eigenvalue weighted by atomic mass is 16.5. The lowest BCUT2D eigenvalue weighted by Crippen LogP contribution is -2.30. The molecule has 1 N–H and O–H groups in total. The summed E-state index contributed by atoms with van der Waals surface area (Å²) < 4.78 is 5.43. The zero-order chi connectivity index (χ0) is 18.4. The Balaban J connectivity index is 1.57. The fraction of sp³-hybridized carbons (Fsp3) is 0.263. The topological polar surface area (TPSA) is 81.9 Å². The molecule has 1 atom stereocenters. The van der Waals surface area contributed by atoms with Gasteiger partial charge in [-0.05, 0) is 36.8 Å². The van der Waals surface area contributed by atoms with E-state index in [0.717, 1.165) is 16.9 Å². The van der Waals surface area contributed by atoms with Crippen LogP contribution in [0.3, 0.4) is 0 Å². The number of nitrogens with zero attached hydrogens (tertiary/aromatic N) is 4. The Morgan fingerprint density at radius 2 is 1.88 bits per heavy atom. The zero-order valence-electron chi connectivity index (χ0n) is 14.8. The van der Waals surface area contributed by atoms with Crippen LogP contribution in [0.2, 0.25) is 0 Å². The first-order valence-corrected chi connectivity index (χ1v) is 8.51. The number of hydrogen-bond acceptors (Lipinski definition) is 5. The zero-order valence-corrected chi connectivity index (χ0v) is 14.8. The van der Waals surface area contributed by atoms with E-state index in [0.29, 0.717) is 12.4 Å². The molecule has 0 spiro atoms. The van der Waals surface area contributed by atoms with Crippen molar-refractivity contribution in [1.82, 2.24) is 25.5 Å². The Morgan fingerprint density at radius 3 is 2.58 bits per heavy atom. The van der Waals surface area contributed by atoms with E-state index >= 15 is 0 Å². The van der Waals surface area contributed by atoms with Crippen molar-refractivity contribution in [2.75, 3.05) is 6.61 Å². The van der Waals surface area contributed by atoms with Crippen LogP contribution in [0, 0.1) is 0 Å². The Labute approximate surface area is 152 Å². The van der Waals surface area contributed by atoms with Gasteiger partial charge in [0.1, 0.15) is 12.3 Å². The Morgan fingerprint density at radius 1 is 1.15 bits per heavy atom. The summed E-state index contributed by atoms with van der Waals surface area (Å²) >= 11 is 0. The van der Waals surface area contributed by atoms with Gasteiger partial charge in [-0.1, -0.05) is 42.5 Å². The minimum Gasteiger partial charge on any atom is -0.494 e. The summed E-state index contributed by atoms with van der Waals surface area (Å²) in [5, 5.41) is 15.1. The summed E-state index contributed by atoms with van der Waals surface area (Å²) in [6.45, 7) is 4.51. The number of tetrazole rings is 1. The number of amides is 1. The molecule has 26 heavy (non-hydrogen) atoms. The highest BCUT2D eigenvalue weighted by Crippen LogP contribution is 2.17. The van der Waals surface area contributed by atoms with Crippen LogP contribution in [0.5, 0.6) is 5.75 Å². The molecule has 2 aromatic carbocycles. The summed E-state index contributed by atoms with van der Waals surface area (Å²) in [4.78, 5) is 13.5. The Bertz CT molecular complexity index is 846. The number of hydrogen-bond donors (Lipinski definition) is 1. The summed E-state index contributed by atoms with van der Waals surface area (Å²) in [5.74, 6) is 1.14. The number of carbonyl (C=O) groups is 1. The van der Waals surface area contributed by atoms with E-state index in [1.807, 2.05) is 68.4 Å². The number of carbonyl (C=O) groups excluding carboxylic acids is 1. The normalized spacial score (nSPS) is 11.8. The van der Waals surface area contributed by atoms with Gasteiger partial charge in [0, 0.05) is 5.56 Å². The third-order valence-corrected chi connectivity index (χ3v) is 3.84. The second kappa shape index (κ2) is 8.24. The average Bonchev–Trinajstić information content (AvgIpc) is 3.11. The molecule has 1 amide bonds. The highest BCUT2D eigenvalue weighted by molar-refractivity contribution is 5.76. The van der Waals surface area contributed by atoms with Gasteiger partial charge in [0.15, 0.2) is 0 Å². The third kappa shape index (κ3) is 4.44.